The Morgan fingerprint density at radius 1 is 1.03 bits per heavy atom. The Kier molecular flexibility index (Phi) is 4.85. The first-order chi connectivity index (χ1) is 17.0. The average Bonchev–Trinajstić information content (AvgIpc) is 3.59. The molecule has 4 aliphatic rings. The highest BCUT2D eigenvalue weighted by Gasteiger charge is 2.70. The van der Waals surface area contributed by atoms with Crippen LogP contribution in [0, 0.1) is 40.9 Å². The van der Waals surface area contributed by atoms with E-state index in [4.69, 9.17) is 19.6 Å². The third-order valence-corrected chi connectivity index (χ3v) is 7.50. The SMILES string of the molecule is CC(=O)Oc1ccc(N2C(=O)[C@@H]3[C@H]4C[C@H]([C@H]5ON=C(c6ccc(OCC#N)cc6)[C@H]45)[C@@H]3C2=O)cc1. The number of nitriles is 1. The van der Waals surface area contributed by atoms with Gasteiger partial charge in [-0.15, -0.1) is 0 Å². The number of rotatable bonds is 5. The van der Waals surface area contributed by atoms with E-state index in [9.17, 15) is 14.4 Å². The number of nitrogens with zero attached hydrogens (tertiary/aromatic N) is 3. The highest BCUT2D eigenvalue weighted by Crippen LogP contribution is 2.62. The molecule has 6 rings (SSSR count). The zero-order valence-corrected chi connectivity index (χ0v) is 18.8. The van der Waals surface area contributed by atoms with Crippen LogP contribution >= 0.6 is 0 Å². The van der Waals surface area contributed by atoms with E-state index < -0.39 is 17.8 Å². The van der Waals surface area contributed by atoms with Gasteiger partial charge in [0, 0.05) is 24.3 Å². The molecule has 35 heavy (non-hydrogen) atoms. The van der Waals surface area contributed by atoms with Crippen LogP contribution in [0.2, 0.25) is 0 Å². The van der Waals surface area contributed by atoms with E-state index in [0.29, 0.717) is 17.2 Å². The maximum atomic E-state index is 13.5. The molecule has 9 nitrogen and oxygen atoms in total. The fourth-order valence-electron chi connectivity index (χ4n) is 6.29. The first-order valence-electron chi connectivity index (χ1n) is 11.5. The molecule has 2 saturated carbocycles. The molecule has 2 heterocycles. The molecule has 2 aliphatic carbocycles. The monoisotopic (exact) mass is 471 g/mol. The molecule has 6 atom stereocenters. The molecule has 2 amide bonds. The molecule has 2 aromatic carbocycles. The molecule has 0 spiro atoms. The third kappa shape index (κ3) is 3.21. The summed E-state index contributed by atoms with van der Waals surface area (Å²) in [5.41, 5.74) is 2.13. The van der Waals surface area contributed by atoms with Crippen molar-refractivity contribution in [3.8, 4) is 17.6 Å². The van der Waals surface area contributed by atoms with Gasteiger partial charge < -0.3 is 14.3 Å². The maximum Gasteiger partial charge on any atom is 0.308 e. The fraction of sp³-hybridized carbons (Fsp3) is 0.346. The van der Waals surface area contributed by atoms with Crippen LogP contribution in [0.4, 0.5) is 5.69 Å². The molecule has 2 aromatic rings. The molecule has 0 aromatic heterocycles. The van der Waals surface area contributed by atoms with Gasteiger partial charge in [0.2, 0.25) is 11.8 Å². The molecule has 0 N–H and O–H groups in total. The number of fused-ring (bicyclic) bond motifs is 8. The normalized spacial score (nSPS) is 29.8. The van der Waals surface area contributed by atoms with Crippen molar-refractivity contribution >= 4 is 29.2 Å². The summed E-state index contributed by atoms with van der Waals surface area (Å²) < 4.78 is 10.4. The first-order valence-corrected chi connectivity index (χ1v) is 11.5. The number of carbonyl (C=O) groups is 3. The van der Waals surface area contributed by atoms with E-state index in [2.05, 4.69) is 5.16 Å². The van der Waals surface area contributed by atoms with Gasteiger partial charge in [0.05, 0.1) is 23.2 Å². The van der Waals surface area contributed by atoms with E-state index in [1.165, 1.54) is 11.8 Å². The van der Waals surface area contributed by atoms with Crippen LogP contribution in [0.1, 0.15) is 18.9 Å². The lowest BCUT2D eigenvalue weighted by atomic mass is 9.71. The zero-order valence-electron chi connectivity index (χ0n) is 18.8. The minimum Gasteiger partial charge on any atom is -0.479 e. The van der Waals surface area contributed by atoms with Crippen LogP contribution in [0.15, 0.2) is 53.7 Å². The Labute approximate surface area is 200 Å². The van der Waals surface area contributed by atoms with Crippen LogP contribution in [-0.2, 0) is 19.2 Å². The second-order valence-corrected chi connectivity index (χ2v) is 9.26. The van der Waals surface area contributed by atoms with Crippen molar-refractivity contribution in [2.75, 3.05) is 11.5 Å². The number of esters is 1. The summed E-state index contributed by atoms with van der Waals surface area (Å²) in [6, 6.07) is 15.6. The molecule has 2 bridgehead atoms. The summed E-state index contributed by atoms with van der Waals surface area (Å²) in [4.78, 5) is 45.2. The number of hydrogen-bond donors (Lipinski definition) is 0. The minimum atomic E-state index is -0.439. The highest BCUT2D eigenvalue weighted by molar-refractivity contribution is 6.23. The lowest BCUT2D eigenvalue weighted by molar-refractivity contribution is -0.132. The van der Waals surface area contributed by atoms with Crippen LogP contribution in [-0.4, -0.2) is 36.2 Å². The van der Waals surface area contributed by atoms with Crippen molar-refractivity contribution in [3.63, 3.8) is 0 Å². The molecule has 176 valence electrons. The molecule has 9 heteroatoms. The molecule has 2 aliphatic heterocycles. The summed E-state index contributed by atoms with van der Waals surface area (Å²) in [5.74, 6) is -0.894. The van der Waals surface area contributed by atoms with E-state index in [1.54, 1.807) is 36.4 Å². The minimum absolute atomic E-state index is 0.0277. The van der Waals surface area contributed by atoms with Crippen molar-refractivity contribution < 1.29 is 28.7 Å². The van der Waals surface area contributed by atoms with Crippen LogP contribution in [0.25, 0.3) is 0 Å². The predicted octanol–water partition coefficient (Wildman–Crippen LogP) is 2.69. The third-order valence-electron chi connectivity index (χ3n) is 7.50. The van der Waals surface area contributed by atoms with Crippen molar-refractivity contribution in [2.24, 2.45) is 34.7 Å². The lowest BCUT2D eigenvalue weighted by Gasteiger charge is -2.29. The van der Waals surface area contributed by atoms with Crippen LogP contribution in [0.5, 0.6) is 11.5 Å². The van der Waals surface area contributed by atoms with E-state index in [0.717, 1.165) is 17.7 Å². The Bertz CT molecular complexity index is 1300. The Morgan fingerprint density at radius 3 is 2.34 bits per heavy atom. The van der Waals surface area contributed by atoms with Gasteiger partial charge in [-0.3, -0.25) is 19.3 Å². The summed E-state index contributed by atoms with van der Waals surface area (Å²) >= 11 is 0. The van der Waals surface area contributed by atoms with Gasteiger partial charge in [0.1, 0.15) is 23.7 Å². The van der Waals surface area contributed by atoms with Gasteiger partial charge in [-0.2, -0.15) is 5.26 Å². The topological polar surface area (TPSA) is 118 Å². The number of imide groups is 1. The van der Waals surface area contributed by atoms with Crippen molar-refractivity contribution in [3.05, 3.63) is 54.1 Å². The Morgan fingerprint density at radius 2 is 1.69 bits per heavy atom. The number of amides is 2. The van der Waals surface area contributed by atoms with E-state index in [1.807, 2.05) is 18.2 Å². The summed E-state index contributed by atoms with van der Waals surface area (Å²) in [6.45, 7) is 1.28. The van der Waals surface area contributed by atoms with E-state index >= 15 is 0 Å². The Hall–Kier alpha value is -4.19. The van der Waals surface area contributed by atoms with Gasteiger partial charge in [0.15, 0.2) is 6.61 Å². The van der Waals surface area contributed by atoms with Crippen molar-refractivity contribution in [2.45, 2.75) is 19.4 Å². The highest BCUT2D eigenvalue weighted by atomic mass is 16.6. The fourth-order valence-corrected chi connectivity index (χ4v) is 6.29. The second-order valence-electron chi connectivity index (χ2n) is 9.26. The van der Waals surface area contributed by atoms with E-state index in [-0.39, 0.29) is 42.3 Å². The summed E-state index contributed by atoms with van der Waals surface area (Å²) in [5, 5.41) is 13.0. The summed E-state index contributed by atoms with van der Waals surface area (Å²) in [7, 11) is 0. The van der Waals surface area contributed by atoms with Crippen molar-refractivity contribution in [1.29, 1.82) is 5.26 Å². The zero-order chi connectivity index (χ0) is 24.3. The number of hydrogen-bond acceptors (Lipinski definition) is 8. The number of benzene rings is 2. The Balaban J connectivity index is 1.24. The van der Waals surface area contributed by atoms with Gasteiger partial charge in [-0.1, -0.05) is 5.16 Å². The second kappa shape index (κ2) is 7.94. The van der Waals surface area contributed by atoms with Gasteiger partial charge in [-0.05, 0) is 60.9 Å². The lowest BCUT2D eigenvalue weighted by Crippen LogP contribution is -2.41. The number of anilines is 1. The maximum absolute atomic E-state index is 13.5. The standard InChI is InChI=1S/C26H21N3O6/c1-13(30)34-17-8-4-15(5-9-17)29-25(31)20-18-12-19(21(20)26(29)32)24-22(18)23(28-35-24)14-2-6-16(7-3-14)33-11-10-27/h2-9,18-22,24H,11-12H2,1H3/t18-,19+,20-,21+,22+,24-/m1/s1. The number of carbonyl (C=O) groups excluding carboxylic acids is 3. The molecule has 3 fully saturated rings. The first kappa shape index (κ1) is 21.4. The average molecular weight is 471 g/mol. The van der Waals surface area contributed by atoms with Crippen LogP contribution in [0.3, 0.4) is 0 Å². The molecule has 1 saturated heterocycles. The van der Waals surface area contributed by atoms with Crippen molar-refractivity contribution in [1.82, 2.24) is 0 Å². The number of ether oxygens (including phenoxy) is 2. The quantitative estimate of drug-likeness (QED) is 0.374. The largest absolute Gasteiger partial charge is 0.479 e. The van der Waals surface area contributed by atoms with Gasteiger partial charge in [0.25, 0.3) is 0 Å². The predicted molar refractivity (Wildman–Crippen MR) is 121 cm³/mol. The molecular formula is C26H21N3O6. The molecule has 0 unspecified atom stereocenters. The van der Waals surface area contributed by atoms with Gasteiger partial charge in [-0.25, -0.2) is 0 Å². The molecule has 0 radical (unpaired) electrons. The summed E-state index contributed by atoms with van der Waals surface area (Å²) in [6.07, 6.45) is 0.526. The van der Waals surface area contributed by atoms with Gasteiger partial charge >= 0.3 is 5.97 Å². The molecular weight excluding hydrogens is 450 g/mol. The number of oxime groups is 1. The smallest absolute Gasteiger partial charge is 0.308 e. The van der Waals surface area contributed by atoms with Crippen LogP contribution < -0.4 is 14.4 Å².